The molecule has 0 unspecified atom stereocenters. The smallest absolute Gasteiger partial charge is 0.409 e. The van der Waals surface area contributed by atoms with Gasteiger partial charge in [-0.3, -0.25) is 0 Å². The van der Waals surface area contributed by atoms with Crippen LogP contribution in [0, 0.1) is 0 Å². The van der Waals surface area contributed by atoms with Crippen molar-refractivity contribution in [1.29, 1.82) is 0 Å². The Kier molecular flexibility index (Phi) is 4.61. The molecule has 1 aliphatic rings. The zero-order valence-electron chi connectivity index (χ0n) is 12.8. The second kappa shape index (κ2) is 6.82. The standard InChI is InChI=1S/C15H18N4O3S/c1-2-21-15(20)19-7-5-18(6-8-19)14(23)16-12-4-3-11-10-22-17-13(11)9-12/h3-4,9-10H,2,5-8H2,1H3,(H,16,23). The maximum absolute atomic E-state index is 11.7. The summed E-state index contributed by atoms with van der Waals surface area (Å²) in [6.07, 6.45) is 1.34. The third-order valence-corrected chi connectivity index (χ3v) is 4.07. The van der Waals surface area contributed by atoms with Crippen LogP contribution in [0.15, 0.2) is 29.0 Å². The molecule has 1 amide bonds. The van der Waals surface area contributed by atoms with Crippen molar-refractivity contribution < 1.29 is 14.1 Å². The molecule has 1 saturated heterocycles. The van der Waals surface area contributed by atoms with Crippen molar-refractivity contribution in [2.75, 3.05) is 38.1 Å². The summed E-state index contributed by atoms with van der Waals surface area (Å²) in [7, 11) is 0. The Labute approximate surface area is 139 Å². The SMILES string of the molecule is CCOC(=O)N1CCN(C(=S)Nc2ccc3conc3c2)CC1. The van der Waals surface area contributed by atoms with E-state index in [4.69, 9.17) is 21.5 Å². The largest absolute Gasteiger partial charge is 0.450 e. The highest BCUT2D eigenvalue weighted by molar-refractivity contribution is 7.80. The predicted molar refractivity (Wildman–Crippen MR) is 90.4 cm³/mol. The molecular weight excluding hydrogens is 316 g/mol. The number of nitrogens with one attached hydrogen (secondary N) is 1. The van der Waals surface area contributed by atoms with Crippen LogP contribution in [0.3, 0.4) is 0 Å². The molecule has 0 saturated carbocycles. The number of piperazine rings is 1. The van der Waals surface area contributed by atoms with Crippen LogP contribution in [0.5, 0.6) is 0 Å². The van der Waals surface area contributed by atoms with Gasteiger partial charge in [0, 0.05) is 37.3 Å². The first-order chi connectivity index (χ1) is 11.2. The van der Waals surface area contributed by atoms with Crippen molar-refractivity contribution in [3.63, 3.8) is 0 Å². The summed E-state index contributed by atoms with van der Waals surface area (Å²) in [6.45, 7) is 4.75. The van der Waals surface area contributed by atoms with Gasteiger partial charge in [0.15, 0.2) is 5.11 Å². The van der Waals surface area contributed by atoms with Gasteiger partial charge in [-0.15, -0.1) is 0 Å². The van der Waals surface area contributed by atoms with E-state index in [0.29, 0.717) is 37.9 Å². The van der Waals surface area contributed by atoms with Crippen LogP contribution in [0.4, 0.5) is 10.5 Å². The minimum Gasteiger partial charge on any atom is -0.450 e. The Morgan fingerprint density at radius 2 is 2.09 bits per heavy atom. The van der Waals surface area contributed by atoms with E-state index in [1.165, 1.54) is 0 Å². The lowest BCUT2D eigenvalue weighted by Crippen LogP contribution is -2.51. The second-order valence-electron chi connectivity index (χ2n) is 5.19. The van der Waals surface area contributed by atoms with E-state index in [9.17, 15) is 4.79 Å². The maximum atomic E-state index is 11.7. The third kappa shape index (κ3) is 3.53. The number of carbonyl (C=O) groups excluding carboxylic acids is 1. The molecule has 2 aromatic rings. The lowest BCUT2D eigenvalue weighted by molar-refractivity contribution is 0.0923. The van der Waals surface area contributed by atoms with Crippen molar-refractivity contribution in [2.24, 2.45) is 0 Å². The molecular formula is C15H18N4O3S. The summed E-state index contributed by atoms with van der Waals surface area (Å²) in [6, 6.07) is 5.75. The first-order valence-corrected chi connectivity index (χ1v) is 7.90. The average Bonchev–Trinajstić information content (AvgIpc) is 3.03. The van der Waals surface area contributed by atoms with E-state index in [0.717, 1.165) is 16.6 Å². The summed E-state index contributed by atoms with van der Waals surface area (Å²) in [5.74, 6) is 0. The Bertz CT molecular complexity index is 710. The molecule has 1 N–H and O–H groups in total. The summed E-state index contributed by atoms with van der Waals surface area (Å²) in [4.78, 5) is 15.4. The van der Waals surface area contributed by atoms with Gasteiger partial charge in [-0.2, -0.15) is 0 Å². The van der Waals surface area contributed by atoms with Crippen molar-refractivity contribution >= 4 is 40.0 Å². The van der Waals surface area contributed by atoms with Crippen molar-refractivity contribution in [3.8, 4) is 0 Å². The number of thiocarbonyl (C=S) groups is 1. The molecule has 0 bridgehead atoms. The highest BCUT2D eigenvalue weighted by atomic mass is 32.1. The van der Waals surface area contributed by atoms with E-state index < -0.39 is 0 Å². The van der Waals surface area contributed by atoms with E-state index >= 15 is 0 Å². The van der Waals surface area contributed by atoms with Crippen molar-refractivity contribution in [1.82, 2.24) is 15.0 Å². The fraction of sp³-hybridized carbons (Fsp3) is 0.400. The summed E-state index contributed by atoms with van der Waals surface area (Å²) >= 11 is 5.45. The number of benzene rings is 1. The molecule has 1 aromatic carbocycles. The highest BCUT2D eigenvalue weighted by Crippen LogP contribution is 2.18. The zero-order valence-corrected chi connectivity index (χ0v) is 13.6. The first-order valence-electron chi connectivity index (χ1n) is 7.49. The summed E-state index contributed by atoms with van der Waals surface area (Å²) < 4.78 is 9.94. The van der Waals surface area contributed by atoms with Crippen molar-refractivity contribution in [3.05, 3.63) is 24.5 Å². The Morgan fingerprint density at radius 3 is 2.83 bits per heavy atom. The number of carbonyl (C=O) groups is 1. The van der Waals surface area contributed by atoms with Gasteiger partial charge in [-0.25, -0.2) is 4.79 Å². The van der Waals surface area contributed by atoms with Gasteiger partial charge in [0.2, 0.25) is 0 Å². The van der Waals surface area contributed by atoms with Gasteiger partial charge < -0.3 is 24.4 Å². The summed E-state index contributed by atoms with van der Waals surface area (Å²) in [5.41, 5.74) is 1.65. The lowest BCUT2D eigenvalue weighted by atomic mass is 10.2. The number of ether oxygens (including phenoxy) is 1. The number of hydrogen-bond donors (Lipinski definition) is 1. The Balaban J connectivity index is 1.56. The van der Waals surface area contributed by atoms with E-state index in [1.807, 2.05) is 23.1 Å². The predicted octanol–water partition coefficient (Wildman–Crippen LogP) is 2.30. The van der Waals surface area contributed by atoms with Crippen molar-refractivity contribution in [2.45, 2.75) is 6.92 Å². The number of rotatable bonds is 2. The topological polar surface area (TPSA) is 70.8 Å². The number of aromatic nitrogens is 1. The van der Waals surface area contributed by atoms with Crippen LogP contribution >= 0.6 is 12.2 Å². The minimum atomic E-state index is -0.262. The first kappa shape index (κ1) is 15.5. The molecule has 1 aromatic heterocycles. The normalized spacial score (nSPS) is 14.8. The minimum absolute atomic E-state index is 0.262. The van der Waals surface area contributed by atoms with E-state index in [2.05, 4.69) is 10.5 Å². The number of nitrogens with zero attached hydrogens (tertiary/aromatic N) is 3. The quantitative estimate of drug-likeness (QED) is 0.845. The van der Waals surface area contributed by atoms with Crippen LogP contribution in [0.1, 0.15) is 6.92 Å². The van der Waals surface area contributed by atoms with Crippen LogP contribution in [0.25, 0.3) is 10.9 Å². The number of anilines is 1. The molecule has 1 fully saturated rings. The second-order valence-corrected chi connectivity index (χ2v) is 5.58. The molecule has 122 valence electrons. The van der Waals surface area contributed by atoms with Crippen LogP contribution in [-0.2, 0) is 4.74 Å². The molecule has 0 atom stereocenters. The van der Waals surface area contributed by atoms with Crippen LogP contribution in [-0.4, -0.2) is 58.9 Å². The number of amides is 1. The maximum Gasteiger partial charge on any atom is 0.409 e. The molecule has 23 heavy (non-hydrogen) atoms. The molecule has 3 rings (SSSR count). The molecule has 7 nitrogen and oxygen atoms in total. The fourth-order valence-corrected chi connectivity index (χ4v) is 2.75. The Hall–Kier alpha value is -2.35. The van der Waals surface area contributed by atoms with Gasteiger partial charge in [-0.1, -0.05) is 5.16 Å². The summed E-state index contributed by atoms with van der Waals surface area (Å²) in [5, 5.41) is 8.70. The Morgan fingerprint density at radius 1 is 1.35 bits per heavy atom. The van der Waals surface area contributed by atoms with Gasteiger partial charge in [0.25, 0.3) is 0 Å². The van der Waals surface area contributed by atoms with E-state index in [1.54, 1.807) is 18.1 Å². The fourth-order valence-electron chi connectivity index (χ4n) is 2.45. The van der Waals surface area contributed by atoms with E-state index in [-0.39, 0.29) is 6.09 Å². The van der Waals surface area contributed by atoms with Gasteiger partial charge >= 0.3 is 6.09 Å². The monoisotopic (exact) mass is 334 g/mol. The molecule has 1 aliphatic heterocycles. The number of hydrogen-bond acceptors (Lipinski definition) is 5. The lowest BCUT2D eigenvalue weighted by Gasteiger charge is -2.35. The van der Waals surface area contributed by atoms with Gasteiger partial charge in [-0.05, 0) is 37.3 Å². The van der Waals surface area contributed by atoms with Crippen LogP contribution < -0.4 is 5.32 Å². The van der Waals surface area contributed by atoms with Gasteiger partial charge in [0.05, 0.1) is 6.61 Å². The highest BCUT2D eigenvalue weighted by Gasteiger charge is 2.23. The molecule has 0 aliphatic carbocycles. The molecule has 8 heteroatoms. The molecule has 0 spiro atoms. The molecule has 2 heterocycles. The average molecular weight is 334 g/mol. The van der Waals surface area contributed by atoms with Crippen LogP contribution in [0.2, 0.25) is 0 Å². The number of fused-ring (bicyclic) bond motifs is 1. The zero-order chi connectivity index (χ0) is 16.2. The third-order valence-electron chi connectivity index (χ3n) is 3.71. The molecule has 0 radical (unpaired) electrons. The van der Waals surface area contributed by atoms with Gasteiger partial charge in [0.1, 0.15) is 11.8 Å².